The van der Waals surface area contributed by atoms with E-state index in [0.717, 1.165) is 38.0 Å². The minimum Gasteiger partial charge on any atom is -0.394 e. The van der Waals surface area contributed by atoms with Crippen molar-refractivity contribution in [1.29, 1.82) is 0 Å². The Labute approximate surface area is 116 Å². The fourth-order valence-corrected chi connectivity index (χ4v) is 2.68. The Morgan fingerprint density at radius 2 is 2.11 bits per heavy atom. The molecule has 3 nitrogen and oxygen atoms in total. The van der Waals surface area contributed by atoms with Crippen LogP contribution in [0.25, 0.3) is 0 Å². The number of hydrogen-bond donors (Lipinski definition) is 2. The van der Waals surface area contributed by atoms with E-state index in [1.165, 1.54) is 5.56 Å². The Bertz CT molecular complexity index is 378. The van der Waals surface area contributed by atoms with Crippen LogP contribution in [0.2, 0.25) is 0 Å². The van der Waals surface area contributed by atoms with Crippen LogP contribution in [0.3, 0.4) is 0 Å². The van der Waals surface area contributed by atoms with E-state index >= 15 is 0 Å². The summed E-state index contributed by atoms with van der Waals surface area (Å²) in [6.45, 7) is 5.98. The molecule has 0 saturated carbocycles. The van der Waals surface area contributed by atoms with Gasteiger partial charge in [0.15, 0.2) is 0 Å². The summed E-state index contributed by atoms with van der Waals surface area (Å²) < 4.78 is 5.65. The maximum Gasteiger partial charge on any atom is 0.0700 e. The van der Waals surface area contributed by atoms with Crippen molar-refractivity contribution >= 4 is 0 Å². The maximum absolute atomic E-state index is 9.87. The van der Waals surface area contributed by atoms with Crippen LogP contribution in [-0.4, -0.2) is 31.0 Å². The number of ether oxygens (including phenoxy) is 1. The van der Waals surface area contributed by atoms with Crippen molar-refractivity contribution in [1.82, 2.24) is 5.32 Å². The first kappa shape index (κ1) is 14.5. The second-order valence-corrected chi connectivity index (χ2v) is 5.48. The van der Waals surface area contributed by atoms with Gasteiger partial charge in [0.05, 0.1) is 18.2 Å². The number of aryl methyl sites for hydroxylation is 1. The normalized spacial score (nSPS) is 22.4. The van der Waals surface area contributed by atoms with E-state index in [-0.39, 0.29) is 12.1 Å². The zero-order valence-corrected chi connectivity index (χ0v) is 12.0. The van der Waals surface area contributed by atoms with Crippen LogP contribution in [-0.2, 0) is 10.3 Å². The molecule has 3 heteroatoms. The Kier molecular flexibility index (Phi) is 4.97. The van der Waals surface area contributed by atoms with Gasteiger partial charge in [0.1, 0.15) is 0 Å². The molecule has 0 spiro atoms. The Balaban J connectivity index is 2.09. The van der Waals surface area contributed by atoms with Gasteiger partial charge in [-0.15, -0.1) is 0 Å². The summed E-state index contributed by atoms with van der Waals surface area (Å²) in [6, 6.07) is 8.42. The highest BCUT2D eigenvalue weighted by atomic mass is 16.5. The van der Waals surface area contributed by atoms with E-state index < -0.39 is 0 Å². The fraction of sp³-hybridized carbons (Fsp3) is 0.625. The number of nitrogens with one attached hydrogen (secondary N) is 1. The van der Waals surface area contributed by atoms with Crippen LogP contribution < -0.4 is 5.32 Å². The average molecular weight is 263 g/mol. The second kappa shape index (κ2) is 6.51. The standard InChI is InChI=1S/C16H25NO2/c1-3-16(12-18,14-8-6-13(2)7-9-14)17-11-15-5-4-10-19-15/h6-9,15,17-18H,3-5,10-12H2,1-2H3. The summed E-state index contributed by atoms with van der Waals surface area (Å²) in [5.41, 5.74) is 2.05. The van der Waals surface area contributed by atoms with E-state index in [1.807, 2.05) is 0 Å². The molecule has 1 fully saturated rings. The monoisotopic (exact) mass is 263 g/mol. The molecule has 1 heterocycles. The Morgan fingerprint density at radius 3 is 2.63 bits per heavy atom. The molecule has 0 aromatic heterocycles. The molecule has 0 aliphatic carbocycles. The van der Waals surface area contributed by atoms with Gasteiger partial charge >= 0.3 is 0 Å². The van der Waals surface area contributed by atoms with E-state index in [2.05, 4.69) is 43.4 Å². The molecule has 1 aliphatic heterocycles. The molecule has 2 N–H and O–H groups in total. The molecular weight excluding hydrogens is 238 g/mol. The van der Waals surface area contributed by atoms with Gasteiger partial charge in [0.2, 0.25) is 0 Å². The average Bonchev–Trinajstić information content (AvgIpc) is 2.95. The van der Waals surface area contributed by atoms with Crippen molar-refractivity contribution < 1.29 is 9.84 Å². The van der Waals surface area contributed by atoms with Gasteiger partial charge in [0.25, 0.3) is 0 Å². The molecule has 2 unspecified atom stereocenters. The van der Waals surface area contributed by atoms with Gasteiger partial charge in [-0.1, -0.05) is 36.8 Å². The van der Waals surface area contributed by atoms with Crippen LogP contribution in [0.4, 0.5) is 0 Å². The number of rotatable bonds is 6. The van der Waals surface area contributed by atoms with Crippen molar-refractivity contribution in [3.63, 3.8) is 0 Å². The summed E-state index contributed by atoms with van der Waals surface area (Å²) in [7, 11) is 0. The first-order valence-corrected chi connectivity index (χ1v) is 7.25. The summed E-state index contributed by atoms with van der Waals surface area (Å²) in [5, 5.41) is 13.4. The van der Waals surface area contributed by atoms with Crippen molar-refractivity contribution in [2.45, 2.75) is 44.8 Å². The summed E-state index contributed by atoms with van der Waals surface area (Å²) in [6.07, 6.45) is 3.42. The molecule has 1 aliphatic rings. The summed E-state index contributed by atoms with van der Waals surface area (Å²) in [5.74, 6) is 0. The van der Waals surface area contributed by atoms with Crippen LogP contribution in [0.5, 0.6) is 0 Å². The number of aliphatic hydroxyl groups excluding tert-OH is 1. The molecule has 2 atom stereocenters. The first-order chi connectivity index (χ1) is 9.20. The highest BCUT2D eigenvalue weighted by Crippen LogP contribution is 2.25. The van der Waals surface area contributed by atoms with Crippen LogP contribution in [0.1, 0.15) is 37.3 Å². The third-order valence-corrected chi connectivity index (χ3v) is 4.17. The fourth-order valence-electron chi connectivity index (χ4n) is 2.68. The maximum atomic E-state index is 9.87. The molecule has 0 amide bonds. The van der Waals surface area contributed by atoms with E-state index in [4.69, 9.17) is 4.74 Å². The lowest BCUT2D eigenvalue weighted by Gasteiger charge is -2.34. The van der Waals surface area contributed by atoms with Gasteiger partial charge in [-0.25, -0.2) is 0 Å². The molecule has 0 radical (unpaired) electrons. The summed E-state index contributed by atoms with van der Waals surface area (Å²) in [4.78, 5) is 0. The third kappa shape index (κ3) is 3.35. The van der Waals surface area contributed by atoms with Crippen molar-refractivity contribution in [2.24, 2.45) is 0 Å². The topological polar surface area (TPSA) is 41.5 Å². The van der Waals surface area contributed by atoms with Gasteiger partial charge < -0.3 is 15.2 Å². The molecule has 1 aromatic carbocycles. The first-order valence-electron chi connectivity index (χ1n) is 7.25. The molecule has 1 aromatic rings. The lowest BCUT2D eigenvalue weighted by atomic mass is 9.87. The van der Waals surface area contributed by atoms with Crippen LogP contribution in [0.15, 0.2) is 24.3 Å². The number of aliphatic hydroxyl groups is 1. The minimum atomic E-state index is -0.348. The van der Waals surface area contributed by atoms with E-state index in [1.54, 1.807) is 0 Å². The van der Waals surface area contributed by atoms with E-state index in [9.17, 15) is 5.11 Å². The van der Waals surface area contributed by atoms with Gasteiger partial charge in [-0.2, -0.15) is 0 Å². The predicted molar refractivity (Wildman–Crippen MR) is 77.2 cm³/mol. The lowest BCUT2D eigenvalue weighted by molar-refractivity contribution is 0.0857. The SMILES string of the molecule is CCC(CO)(NCC1CCCO1)c1ccc(C)cc1. The van der Waals surface area contributed by atoms with E-state index in [0.29, 0.717) is 6.10 Å². The van der Waals surface area contributed by atoms with Gasteiger partial charge in [-0.3, -0.25) is 0 Å². The highest BCUT2D eigenvalue weighted by Gasteiger charge is 2.30. The third-order valence-electron chi connectivity index (χ3n) is 4.17. The lowest BCUT2D eigenvalue weighted by Crippen LogP contribution is -2.48. The van der Waals surface area contributed by atoms with Crippen molar-refractivity contribution in [2.75, 3.05) is 19.8 Å². The predicted octanol–water partition coefficient (Wildman–Crippen LogP) is 2.36. The number of hydrogen-bond acceptors (Lipinski definition) is 3. The van der Waals surface area contributed by atoms with Crippen LogP contribution >= 0.6 is 0 Å². The quantitative estimate of drug-likeness (QED) is 0.828. The van der Waals surface area contributed by atoms with Gasteiger partial charge in [0, 0.05) is 13.2 Å². The molecule has 1 saturated heterocycles. The second-order valence-electron chi connectivity index (χ2n) is 5.48. The molecule has 2 rings (SSSR count). The Hall–Kier alpha value is -0.900. The zero-order valence-electron chi connectivity index (χ0n) is 12.0. The largest absolute Gasteiger partial charge is 0.394 e. The molecule has 106 valence electrons. The number of benzene rings is 1. The molecule has 19 heavy (non-hydrogen) atoms. The smallest absolute Gasteiger partial charge is 0.0700 e. The zero-order chi connectivity index (χ0) is 13.7. The Morgan fingerprint density at radius 1 is 1.37 bits per heavy atom. The summed E-state index contributed by atoms with van der Waals surface area (Å²) >= 11 is 0. The van der Waals surface area contributed by atoms with Crippen LogP contribution in [0, 0.1) is 6.92 Å². The van der Waals surface area contributed by atoms with Crippen molar-refractivity contribution in [3.8, 4) is 0 Å². The highest BCUT2D eigenvalue weighted by molar-refractivity contribution is 5.28. The minimum absolute atomic E-state index is 0.110. The molecular formula is C16H25NO2. The molecule has 0 bridgehead atoms. The van der Waals surface area contributed by atoms with Gasteiger partial charge in [-0.05, 0) is 31.7 Å². The van der Waals surface area contributed by atoms with Crippen molar-refractivity contribution in [3.05, 3.63) is 35.4 Å².